The molecule has 0 aliphatic heterocycles. The molecule has 1 nitrogen and oxygen atoms in total. The first-order chi connectivity index (χ1) is 27.8. The molecule has 0 aromatic heterocycles. The quantitative estimate of drug-likeness (QED) is 0.149. The molecule has 2 aliphatic rings. The van der Waals surface area contributed by atoms with Crippen LogP contribution in [0.1, 0.15) is 44.9 Å². The maximum atomic E-state index is 2.43. The molecule has 0 atom stereocenters. The van der Waals surface area contributed by atoms with Crippen LogP contribution in [-0.4, -0.2) is 0 Å². The van der Waals surface area contributed by atoms with Crippen LogP contribution < -0.4 is 4.90 Å². The van der Waals surface area contributed by atoms with Crippen molar-refractivity contribution in [1.29, 1.82) is 0 Å². The molecule has 9 aromatic carbocycles. The van der Waals surface area contributed by atoms with Gasteiger partial charge >= 0.3 is 0 Å². The van der Waals surface area contributed by atoms with Crippen LogP contribution in [0.2, 0.25) is 0 Å². The van der Waals surface area contributed by atoms with Crippen LogP contribution in [0.15, 0.2) is 206 Å². The summed E-state index contributed by atoms with van der Waals surface area (Å²) >= 11 is 0. The average molecular weight is 714 g/mol. The van der Waals surface area contributed by atoms with E-state index in [1.54, 1.807) is 0 Å². The normalized spacial score (nSPS) is 12.3. The van der Waals surface area contributed by atoms with Crippen molar-refractivity contribution in [2.24, 2.45) is 0 Å². The van der Waals surface area contributed by atoms with Crippen molar-refractivity contribution >= 4 is 27.8 Å². The molecule has 9 aromatic rings. The van der Waals surface area contributed by atoms with Crippen LogP contribution >= 0.6 is 0 Å². The molecule has 0 spiro atoms. The summed E-state index contributed by atoms with van der Waals surface area (Å²) in [5.41, 5.74) is 20.9. The van der Waals surface area contributed by atoms with Crippen molar-refractivity contribution in [3.63, 3.8) is 0 Å². The highest BCUT2D eigenvalue weighted by molar-refractivity contribution is 6.00. The highest BCUT2D eigenvalue weighted by atomic mass is 15.1. The molecule has 0 bridgehead atoms. The highest BCUT2D eigenvalue weighted by Crippen LogP contribution is 2.46. The minimum Gasteiger partial charge on any atom is -0.310 e. The van der Waals surface area contributed by atoms with E-state index in [9.17, 15) is 0 Å². The molecule has 0 N–H and O–H groups in total. The first-order valence-electron chi connectivity index (χ1n) is 19.7. The maximum absolute atomic E-state index is 2.43. The van der Waals surface area contributed by atoms with E-state index in [0.29, 0.717) is 0 Å². The van der Waals surface area contributed by atoms with E-state index in [0.717, 1.165) is 18.5 Å². The van der Waals surface area contributed by atoms with E-state index in [1.807, 2.05) is 0 Å². The largest absolute Gasteiger partial charge is 0.310 e. The van der Waals surface area contributed by atoms with E-state index < -0.39 is 0 Å². The van der Waals surface area contributed by atoms with Crippen LogP contribution in [0, 0.1) is 0 Å². The van der Waals surface area contributed by atoms with E-state index >= 15 is 0 Å². The third kappa shape index (κ3) is 5.47. The van der Waals surface area contributed by atoms with Gasteiger partial charge in [0.25, 0.3) is 0 Å². The summed E-state index contributed by atoms with van der Waals surface area (Å²) in [5.74, 6) is 0.140. The molecule has 0 amide bonds. The van der Waals surface area contributed by atoms with Gasteiger partial charge in [-0.25, -0.2) is 0 Å². The Hall–Kier alpha value is -6.96. The summed E-state index contributed by atoms with van der Waals surface area (Å²) in [7, 11) is 0. The van der Waals surface area contributed by atoms with Crippen LogP contribution in [-0.2, 0) is 12.8 Å². The summed E-state index contributed by atoms with van der Waals surface area (Å²) < 4.78 is 0. The number of anilines is 3. The van der Waals surface area contributed by atoms with E-state index in [2.05, 4.69) is 211 Å². The van der Waals surface area contributed by atoms with E-state index in [1.165, 1.54) is 94.5 Å². The van der Waals surface area contributed by atoms with Crippen LogP contribution in [0.3, 0.4) is 0 Å². The van der Waals surface area contributed by atoms with Gasteiger partial charge in [-0.3, -0.25) is 0 Å². The number of nitrogens with zero attached hydrogens (tertiary/aromatic N) is 1. The van der Waals surface area contributed by atoms with Crippen LogP contribution in [0.25, 0.3) is 44.2 Å². The smallest absolute Gasteiger partial charge is 0.0464 e. The average Bonchev–Trinajstić information content (AvgIpc) is 3.82. The zero-order chi connectivity index (χ0) is 37.0. The van der Waals surface area contributed by atoms with Crippen LogP contribution in [0.4, 0.5) is 17.1 Å². The fourth-order valence-electron chi connectivity index (χ4n) is 9.45. The summed E-state index contributed by atoms with van der Waals surface area (Å²) in [6, 6.07) is 76.3. The van der Waals surface area contributed by atoms with Crippen molar-refractivity contribution in [2.45, 2.75) is 18.8 Å². The second kappa shape index (κ2) is 13.4. The van der Waals surface area contributed by atoms with Gasteiger partial charge in [-0.2, -0.15) is 0 Å². The van der Waals surface area contributed by atoms with E-state index in [-0.39, 0.29) is 5.92 Å². The Morgan fingerprint density at radius 2 is 0.839 bits per heavy atom. The molecule has 1 heteroatoms. The van der Waals surface area contributed by atoms with Gasteiger partial charge in [-0.05, 0) is 138 Å². The van der Waals surface area contributed by atoms with Crippen molar-refractivity contribution in [1.82, 2.24) is 0 Å². The predicted octanol–water partition coefficient (Wildman–Crippen LogP) is 14.3. The Balaban J connectivity index is 0.974. The lowest BCUT2D eigenvalue weighted by Gasteiger charge is -2.26. The number of fused-ring (bicyclic) bond motifs is 7. The lowest BCUT2D eigenvalue weighted by Crippen LogP contribution is -2.10. The molecule has 0 unspecified atom stereocenters. The topological polar surface area (TPSA) is 3.24 Å². The first-order valence-corrected chi connectivity index (χ1v) is 19.7. The third-order valence-corrected chi connectivity index (χ3v) is 12.0. The summed E-state index contributed by atoms with van der Waals surface area (Å²) in [6.45, 7) is 0. The number of benzene rings is 9. The summed E-state index contributed by atoms with van der Waals surface area (Å²) in [5, 5.41) is 2.58. The van der Waals surface area contributed by atoms with Gasteiger partial charge in [0.05, 0.1) is 0 Å². The molecule has 0 radical (unpaired) electrons. The van der Waals surface area contributed by atoms with Crippen molar-refractivity contribution in [3.05, 3.63) is 245 Å². The van der Waals surface area contributed by atoms with Gasteiger partial charge < -0.3 is 4.90 Å². The monoisotopic (exact) mass is 713 g/mol. The zero-order valence-electron chi connectivity index (χ0n) is 31.1. The number of hydrogen-bond donors (Lipinski definition) is 0. The molecule has 0 heterocycles. The molecule has 0 saturated carbocycles. The lowest BCUT2D eigenvalue weighted by atomic mass is 9.81. The molecular weight excluding hydrogens is 675 g/mol. The first kappa shape index (κ1) is 32.5. The molecule has 56 heavy (non-hydrogen) atoms. The molecule has 0 saturated heterocycles. The zero-order valence-corrected chi connectivity index (χ0v) is 31.1. The van der Waals surface area contributed by atoms with Gasteiger partial charge in [0, 0.05) is 23.0 Å². The van der Waals surface area contributed by atoms with Gasteiger partial charge in [-0.15, -0.1) is 0 Å². The summed E-state index contributed by atoms with van der Waals surface area (Å²) in [6.07, 6.45) is 1.90. The number of para-hydroxylation sites is 1. The Bertz CT molecular complexity index is 2870. The molecular formula is C55H39N. The highest BCUT2D eigenvalue weighted by Gasteiger charge is 2.25. The minimum atomic E-state index is 0.140. The maximum Gasteiger partial charge on any atom is 0.0464 e. The second-order valence-corrected chi connectivity index (χ2v) is 15.2. The standard InChI is InChI=1S/C55H39N/c1-4-14-37(15-5-1)55(38-16-6-2-7-17-38)53-31-30-48(51-22-12-13-23-52(51)53)41-25-24-40-33-43-35-46(27-29-50(43)54(40)36-41)56(44-19-8-3-9-20-44)45-26-28-49-42(34-45)32-39-18-10-11-21-47(39)49/h1-31,34-36,55H,32-33H2. The third-order valence-electron chi connectivity index (χ3n) is 12.0. The molecule has 11 rings (SSSR count). The fourth-order valence-corrected chi connectivity index (χ4v) is 9.45. The molecule has 2 aliphatic carbocycles. The Kier molecular flexibility index (Phi) is 7.77. The van der Waals surface area contributed by atoms with Gasteiger partial charge in [-0.1, -0.05) is 164 Å². The van der Waals surface area contributed by atoms with Crippen molar-refractivity contribution in [2.75, 3.05) is 4.90 Å². The second-order valence-electron chi connectivity index (χ2n) is 15.2. The Morgan fingerprint density at radius 1 is 0.321 bits per heavy atom. The van der Waals surface area contributed by atoms with Gasteiger partial charge in [0.2, 0.25) is 0 Å². The van der Waals surface area contributed by atoms with E-state index in [4.69, 9.17) is 0 Å². The number of hydrogen-bond acceptors (Lipinski definition) is 1. The SMILES string of the molecule is c1ccc(C(c2ccccc2)c2ccc(-c3ccc4c(c3)-c3ccc(N(c5ccccc5)c5ccc6c(c5)Cc5ccccc5-6)cc3C4)c3ccccc23)cc1. The minimum absolute atomic E-state index is 0.140. The number of rotatable bonds is 7. The lowest BCUT2D eigenvalue weighted by molar-refractivity contribution is 0.989. The van der Waals surface area contributed by atoms with Crippen molar-refractivity contribution in [3.8, 4) is 33.4 Å². The van der Waals surface area contributed by atoms with Gasteiger partial charge in [0.15, 0.2) is 0 Å². The van der Waals surface area contributed by atoms with Gasteiger partial charge in [0.1, 0.15) is 0 Å². The summed E-state index contributed by atoms with van der Waals surface area (Å²) in [4.78, 5) is 2.42. The molecule has 0 fully saturated rings. The Labute approximate surface area is 328 Å². The predicted molar refractivity (Wildman–Crippen MR) is 234 cm³/mol. The van der Waals surface area contributed by atoms with Crippen molar-refractivity contribution < 1.29 is 0 Å². The van der Waals surface area contributed by atoms with Crippen LogP contribution in [0.5, 0.6) is 0 Å². The Morgan fingerprint density at radius 3 is 1.52 bits per heavy atom. The molecule has 264 valence electrons. The fraction of sp³-hybridized carbons (Fsp3) is 0.0545.